The number of H-pyrrole nitrogens is 1. The Bertz CT molecular complexity index is 1210. The van der Waals surface area contributed by atoms with Gasteiger partial charge in [0.2, 0.25) is 0 Å². The molecule has 0 amide bonds. The number of hydrogen-bond donors (Lipinski definition) is 1. The fourth-order valence-corrected chi connectivity index (χ4v) is 4.12. The standard InChI is InChI=1S/C23H22N2O6S/c1-23(2)30-20(26)16(21(27)31-23)10-13-5-8-19(29-4)14(9-13)12-32-22-24-17-7-6-15(28-3)11-18(17)25-22/h5-11H,12H2,1-4H3,(H,24,25). The Morgan fingerprint density at radius 2 is 1.81 bits per heavy atom. The molecule has 1 saturated heterocycles. The van der Waals surface area contributed by atoms with E-state index >= 15 is 0 Å². The fourth-order valence-electron chi connectivity index (χ4n) is 3.25. The van der Waals surface area contributed by atoms with Gasteiger partial charge >= 0.3 is 11.9 Å². The fraction of sp³-hybridized carbons (Fsp3) is 0.261. The second kappa shape index (κ2) is 8.58. The second-order valence-electron chi connectivity index (χ2n) is 7.52. The highest BCUT2D eigenvalue weighted by Crippen LogP contribution is 2.31. The maximum Gasteiger partial charge on any atom is 0.348 e. The number of nitrogens with one attached hydrogen (secondary N) is 1. The number of imidazole rings is 1. The smallest absolute Gasteiger partial charge is 0.348 e. The summed E-state index contributed by atoms with van der Waals surface area (Å²) in [4.78, 5) is 32.3. The number of aromatic nitrogens is 2. The van der Waals surface area contributed by atoms with E-state index in [-0.39, 0.29) is 5.57 Å². The molecule has 0 saturated carbocycles. The number of ether oxygens (including phenoxy) is 4. The molecule has 4 rings (SSSR count). The van der Waals surface area contributed by atoms with Gasteiger partial charge in [-0.1, -0.05) is 17.8 Å². The van der Waals surface area contributed by atoms with Crippen LogP contribution in [0, 0.1) is 0 Å². The van der Waals surface area contributed by atoms with Gasteiger partial charge in [0.25, 0.3) is 5.79 Å². The highest BCUT2D eigenvalue weighted by atomic mass is 32.2. The van der Waals surface area contributed by atoms with Crippen molar-refractivity contribution in [1.29, 1.82) is 0 Å². The SMILES string of the molecule is COc1ccc2nc(SCc3cc(C=C4C(=O)OC(C)(C)OC4=O)ccc3OC)[nH]c2c1. The number of thioether (sulfide) groups is 1. The first-order chi connectivity index (χ1) is 15.3. The van der Waals surface area contributed by atoms with Crippen LogP contribution in [-0.4, -0.2) is 41.9 Å². The molecule has 1 aliphatic heterocycles. The minimum absolute atomic E-state index is 0.153. The molecule has 8 nitrogen and oxygen atoms in total. The summed E-state index contributed by atoms with van der Waals surface area (Å²) >= 11 is 1.51. The molecule has 1 fully saturated rings. The topological polar surface area (TPSA) is 99.7 Å². The number of aromatic amines is 1. The largest absolute Gasteiger partial charge is 0.497 e. The molecule has 2 heterocycles. The van der Waals surface area contributed by atoms with Crippen LogP contribution in [0.5, 0.6) is 11.5 Å². The van der Waals surface area contributed by atoms with E-state index in [9.17, 15) is 9.59 Å². The minimum atomic E-state index is -1.27. The van der Waals surface area contributed by atoms with Crippen LogP contribution >= 0.6 is 11.8 Å². The first-order valence-electron chi connectivity index (χ1n) is 9.80. The van der Waals surface area contributed by atoms with Gasteiger partial charge < -0.3 is 23.9 Å². The number of carbonyl (C=O) groups is 2. The molecule has 0 radical (unpaired) electrons. The number of cyclic esters (lactones) is 2. The lowest BCUT2D eigenvalue weighted by atomic mass is 10.1. The molecular weight excluding hydrogens is 432 g/mol. The van der Waals surface area contributed by atoms with Crippen LogP contribution < -0.4 is 9.47 Å². The zero-order chi connectivity index (χ0) is 22.9. The van der Waals surface area contributed by atoms with Crippen molar-refractivity contribution >= 4 is 40.8 Å². The molecule has 9 heteroatoms. The molecule has 1 N–H and O–H groups in total. The van der Waals surface area contributed by atoms with Crippen molar-refractivity contribution in [2.75, 3.05) is 14.2 Å². The maximum atomic E-state index is 12.2. The number of esters is 2. The third-order valence-corrected chi connectivity index (χ3v) is 5.69. The Labute approximate surface area is 188 Å². The van der Waals surface area contributed by atoms with Crippen molar-refractivity contribution in [3.8, 4) is 11.5 Å². The van der Waals surface area contributed by atoms with Gasteiger partial charge in [0.1, 0.15) is 17.1 Å². The lowest BCUT2D eigenvalue weighted by molar-refractivity contribution is -0.222. The number of rotatable bonds is 6. The van der Waals surface area contributed by atoms with Gasteiger partial charge in [-0.15, -0.1) is 0 Å². The monoisotopic (exact) mass is 454 g/mol. The lowest BCUT2D eigenvalue weighted by Gasteiger charge is -2.29. The average Bonchev–Trinajstić information content (AvgIpc) is 3.16. The number of hydrogen-bond acceptors (Lipinski definition) is 8. The molecule has 1 aromatic heterocycles. The number of benzene rings is 2. The first-order valence-corrected chi connectivity index (χ1v) is 10.8. The summed E-state index contributed by atoms with van der Waals surface area (Å²) in [6, 6.07) is 11.0. The Morgan fingerprint density at radius 1 is 1.06 bits per heavy atom. The van der Waals surface area contributed by atoms with Crippen LogP contribution in [0.25, 0.3) is 17.1 Å². The molecule has 0 unspecified atom stereocenters. The first kappa shape index (κ1) is 21.8. The van der Waals surface area contributed by atoms with Gasteiger partial charge in [-0.2, -0.15) is 0 Å². The summed E-state index contributed by atoms with van der Waals surface area (Å²) in [7, 11) is 3.21. The number of fused-ring (bicyclic) bond motifs is 1. The molecule has 166 valence electrons. The Kier molecular flexibility index (Phi) is 5.84. The Hall–Kier alpha value is -3.46. The third-order valence-electron chi connectivity index (χ3n) is 4.76. The van der Waals surface area contributed by atoms with Crippen LogP contribution in [0.2, 0.25) is 0 Å². The molecule has 0 atom stereocenters. The van der Waals surface area contributed by atoms with Gasteiger partial charge in [0.15, 0.2) is 5.16 Å². The highest BCUT2D eigenvalue weighted by molar-refractivity contribution is 7.98. The normalized spacial score (nSPS) is 15.3. The third kappa shape index (κ3) is 4.57. The predicted molar refractivity (Wildman–Crippen MR) is 119 cm³/mol. The zero-order valence-corrected chi connectivity index (χ0v) is 18.9. The molecular formula is C23H22N2O6S. The Balaban J connectivity index is 1.56. The summed E-state index contributed by atoms with van der Waals surface area (Å²) in [5.74, 6) is -0.704. The van der Waals surface area contributed by atoms with E-state index in [2.05, 4.69) is 9.97 Å². The van der Waals surface area contributed by atoms with Crippen molar-refractivity contribution in [2.24, 2.45) is 0 Å². The molecule has 0 bridgehead atoms. The Morgan fingerprint density at radius 3 is 2.50 bits per heavy atom. The van der Waals surface area contributed by atoms with E-state index in [1.807, 2.05) is 24.3 Å². The van der Waals surface area contributed by atoms with E-state index in [1.165, 1.54) is 31.7 Å². The summed E-state index contributed by atoms with van der Waals surface area (Å²) in [6.07, 6.45) is 1.46. The number of carbonyl (C=O) groups excluding carboxylic acids is 2. The second-order valence-corrected chi connectivity index (χ2v) is 8.49. The van der Waals surface area contributed by atoms with Crippen molar-refractivity contribution in [1.82, 2.24) is 9.97 Å². The quantitative estimate of drug-likeness (QED) is 0.257. The highest BCUT2D eigenvalue weighted by Gasteiger charge is 2.38. The predicted octanol–water partition coefficient (Wildman–Crippen LogP) is 4.09. The van der Waals surface area contributed by atoms with Crippen molar-refractivity contribution in [3.63, 3.8) is 0 Å². The molecule has 1 aliphatic rings. The molecule has 2 aromatic carbocycles. The maximum absolute atomic E-state index is 12.2. The van der Waals surface area contributed by atoms with Crippen LogP contribution in [0.3, 0.4) is 0 Å². The number of methoxy groups -OCH3 is 2. The van der Waals surface area contributed by atoms with Crippen LogP contribution in [0.4, 0.5) is 0 Å². The van der Waals surface area contributed by atoms with Crippen LogP contribution in [0.15, 0.2) is 47.1 Å². The lowest BCUT2D eigenvalue weighted by Crippen LogP contribution is -2.41. The van der Waals surface area contributed by atoms with E-state index in [1.54, 1.807) is 26.4 Å². The van der Waals surface area contributed by atoms with Crippen LogP contribution in [-0.2, 0) is 24.8 Å². The summed E-state index contributed by atoms with van der Waals surface area (Å²) < 4.78 is 21.0. The summed E-state index contributed by atoms with van der Waals surface area (Å²) in [5.41, 5.74) is 3.10. The van der Waals surface area contributed by atoms with Gasteiger partial charge in [-0.25, -0.2) is 14.6 Å². The minimum Gasteiger partial charge on any atom is -0.497 e. The summed E-state index contributed by atoms with van der Waals surface area (Å²) in [6.45, 7) is 3.02. The number of nitrogens with zero attached hydrogens (tertiary/aromatic N) is 1. The van der Waals surface area contributed by atoms with Gasteiger partial charge in [-0.05, 0) is 35.9 Å². The van der Waals surface area contributed by atoms with E-state index in [0.717, 1.165) is 27.5 Å². The summed E-state index contributed by atoms with van der Waals surface area (Å²) in [5, 5.41) is 0.751. The molecule has 3 aromatic rings. The molecule has 0 aliphatic carbocycles. The van der Waals surface area contributed by atoms with E-state index in [4.69, 9.17) is 18.9 Å². The zero-order valence-electron chi connectivity index (χ0n) is 18.1. The van der Waals surface area contributed by atoms with E-state index in [0.29, 0.717) is 17.1 Å². The molecule has 32 heavy (non-hydrogen) atoms. The van der Waals surface area contributed by atoms with Gasteiger partial charge in [-0.3, -0.25) is 0 Å². The van der Waals surface area contributed by atoms with Crippen molar-refractivity contribution in [3.05, 3.63) is 53.1 Å². The van der Waals surface area contributed by atoms with Gasteiger partial charge in [0, 0.05) is 31.2 Å². The van der Waals surface area contributed by atoms with E-state index < -0.39 is 17.7 Å². The molecule has 0 spiro atoms. The van der Waals surface area contributed by atoms with Crippen molar-refractivity contribution < 1.29 is 28.5 Å². The van der Waals surface area contributed by atoms with Crippen molar-refractivity contribution in [2.45, 2.75) is 30.5 Å². The van der Waals surface area contributed by atoms with Crippen LogP contribution in [0.1, 0.15) is 25.0 Å². The average molecular weight is 455 g/mol. The van der Waals surface area contributed by atoms with Gasteiger partial charge in [0.05, 0.1) is 25.3 Å².